The molecular weight excluding hydrogens is 390 g/mol. The number of hydrogen-bond acceptors (Lipinski definition) is 4. The summed E-state index contributed by atoms with van der Waals surface area (Å²) in [7, 11) is 5.28. The molecular formula is C23H29N7O. The quantitative estimate of drug-likeness (QED) is 0.430. The molecule has 0 saturated carbocycles. The van der Waals surface area contributed by atoms with E-state index in [9.17, 15) is 4.79 Å². The highest BCUT2D eigenvalue weighted by molar-refractivity contribution is 5.94. The van der Waals surface area contributed by atoms with Crippen LogP contribution in [0.2, 0.25) is 0 Å². The van der Waals surface area contributed by atoms with Crippen molar-refractivity contribution in [3.8, 4) is 0 Å². The monoisotopic (exact) mass is 419 g/mol. The Morgan fingerprint density at radius 1 is 1.06 bits per heavy atom. The molecule has 8 heteroatoms. The topological polar surface area (TPSA) is 87.4 Å². The molecule has 0 spiro atoms. The Kier molecular flexibility index (Phi) is 7.75. The van der Waals surface area contributed by atoms with Crippen molar-refractivity contribution in [1.29, 1.82) is 0 Å². The molecule has 2 N–H and O–H groups in total. The highest BCUT2D eigenvalue weighted by atomic mass is 16.2. The van der Waals surface area contributed by atoms with E-state index in [2.05, 4.69) is 43.9 Å². The molecule has 2 aromatic carbocycles. The summed E-state index contributed by atoms with van der Waals surface area (Å²) in [6.07, 6.45) is 4.04. The van der Waals surface area contributed by atoms with E-state index in [4.69, 9.17) is 0 Å². The molecule has 0 fully saturated rings. The zero-order chi connectivity index (χ0) is 22.1. The predicted octanol–water partition coefficient (Wildman–Crippen LogP) is 1.94. The maximum atomic E-state index is 12.1. The standard InChI is InChI=1S/C23H29N7O/c1-24-23(26-11-10-18-6-5-9-21(13-18)22(31)29(2)3)27-14-19-7-4-8-20(12-19)15-30-17-25-16-28-30/h4-9,12-13,16-17H,10-11,14-15H2,1-3H3,(H2,24,26,27). The van der Waals surface area contributed by atoms with Gasteiger partial charge in [-0.15, -0.1) is 0 Å². The van der Waals surface area contributed by atoms with Crippen molar-refractivity contribution >= 4 is 11.9 Å². The van der Waals surface area contributed by atoms with E-state index in [1.807, 2.05) is 30.3 Å². The van der Waals surface area contributed by atoms with Crippen molar-refractivity contribution in [2.75, 3.05) is 27.7 Å². The molecule has 3 rings (SSSR count). The lowest BCUT2D eigenvalue weighted by molar-refractivity contribution is 0.0827. The molecule has 0 bridgehead atoms. The molecule has 0 unspecified atom stereocenters. The molecule has 0 saturated heterocycles. The Labute approximate surface area is 183 Å². The van der Waals surface area contributed by atoms with Crippen LogP contribution in [0, 0.1) is 0 Å². The van der Waals surface area contributed by atoms with Crippen LogP contribution in [0.5, 0.6) is 0 Å². The lowest BCUT2D eigenvalue weighted by atomic mass is 10.1. The Hall–Kier alpha value is -3.68. The lowest BCUT2D eigenvalue weighted by Crippen LogP contribution is -2.37. The summed E-state index contributed by atoms with van der Waals surface area (Å²) < 4.78 is 1.80. The number of hydrogen-bond donors (Lipinski definition) is 2. The summed E-state index contributed by atoms with van der Waals surface area (Å²) in [5.74, 6) is 0.750. The number of nitrogens with zero attached hydrogens (tertiary/aromatic N) is 5. The average molecular weight is 420 g/mol. The average Bonchev–Trinajstić information content (AvgIpc) is 3.29. The molecule has 31 heavy (non-hydrogen) atoms. The van der Waals surface area contributed by atoms with Gasteiger partial charge in [0.15, 0.2) is 5.96 Å². The van der Waals surface area contributed by atoms with Crippen LogP contribution in [0.1, 0.15) is 27.0 Å². The van der Waals surface area contributed by atoms with Crippen molar-refractivity contribution in [1.82, 2.24) is 30.3 Å². The van der Waals surface area contributed by atoms with E-state index in [0.717, 1.165) is 23.5 Å². The Balaban J connectivity index is 1.48. The number of rotatable bonds is 8. The number of guanidine groups is 1. The van der Waals surface area contributed by atoms with E-state index in [-0.39, 0.29) is 5.91 Å². The summed E-state index contributed by atoms with van der Waals surface area (Å²) in [4.78, 5) is 22.0. The zero-order valence-corrected chi connectivity index (χ0v) is 18.2. The van der Waals surface area contributed by atoms with E-state index in [0.29, 0.717) is 25.2 Å². The number of carbonyl (C=O) groups is 1. The van der Waals surface area contributed by atoms with Crippen molar-refractivity contribution in [2.24, 2.45) is 4.99 Å². The van der Waals surface area contributed by atoms with Gasteiger partial charge in [0.05, 0.1) is 6.54 Å². The van der Waals surface area contributed by atoms with Crippen LogP contribution in [0.15, 0.2) is 66.2 Å². The van der Waals surface area contributed by atoms with E-state index in [1.54, 1.807) is 37.1 Å². The van der Waals surface area contributed by atoms with Gasteiger partial charge in [-0.25, -0.2) is 9.67 Å². The van der Waals surface area contributed by atoms with Gasteiger partial charge in [-0.1, -0.05) is 36.4 Å². The molecule has 0 aliphatic rings. The summed E-state index contributed by atoms with van der Waals surface area (Å²) >= 11 is 0. The third-order valence-electron chi connectivity index (χ3n) is 4.77. The SMILES string of the molecule is CN=C(NCCc1cccc(C(=O)N(C)C)c1)NCc1cccc(Cn2cncn2)c1. The smallest absolute Gasteiger partial charge is 0.253 e. The van der Waals surface area contributed by atoms with Crippen molar-refractivity contribution in [3.63, 3.8) is 0 Å². The van der Waals surface area contributed by atoms with Gasteiger partial charge in [0, 0.05) is 39.8 Å². The molecule has 8 nitrogen and oxygen atoms in total. The molecule has 1 amide bonds. The first kappa shape index (κ1) is 22.0. The minimum absolute atomic E-state index is 0.0123. The fraction of sp³-hybridized carbons (Fsp3) is 0.304. The number of nitrogens with one attached hydrogen (secondary N) is 2. The fourth-order valence-corrected chi connectivity index (χ4v) is 3.19. The molecule has 1 heterocycles. The summed E-state index contributed by atoms with van der Waals surface area (Å²) in [5, 5.41) is 10.8. The van der Waals surface area contributed by atoms with Crippen molar-refractivity contribution in [2.45, 2.75) is 19.5 Å². The number of aromatic nitrogens is 3. The first-order chi connectivity index (χ1) is 15.0. The zero-order valence-electron chi connectivity index (χ0n) is 18.2. The van der Waals surface area contributed by atoms with Gasteiger partial charge >= 0.3 is 0 Å². The van der Waals surface area contributed by atoms with Crippen LogP contribution in [-0.2, 0) is 19.5 Å². The minimum atomic E-state index is 0.0123. The molecule has 0 aliphatic carbocycles. The molecule has 1 aromatic heterocycles. The second-order valence-corrected chi connectivity index (χ2v) is 7.42. The minimum Gasteiger partial charge on any atom is -0.356 e. The summed E-state index contributed by atoms with van der Waals surface area (Å²) in [6, 6.07) is 16.1. The van der Waals surface area contributed by atoms with Crippen molar-refractivity contribution < 1.29 is 4.79 Å². The maximum absolute atomic E-state index is 12.1. The fourth-order valence-electron chi connectivity index (χ4n) is 3.19. The van der Waals surface area contributed by atoms with Crippen LogP contribution in [-0.4, -0.2) is 59.2 Å². The van der Waals surface area contributed by atoms with Crippen LogP contribution in [0.25, 0.3) is 0 Å². The van der Waals surface area contributed by atoms with Crippen molar-refractivity contribution in [3.05, 3.63) is 83.4 Å². The van der Waals surface area contributed by atoms with Gasteiger partial charge in [0.2, 0.25) is 0 Å². The van der Waals surface area contributed by atoms with Crippen LogP contribution < -0.4 is 10.6 Å². The van der Waals surface area contributed by atoms with Gasteiger partial charge in [-0.2, -0.15) is 5.10 Å². The number of aliphatic imine (C=N–C) groups is 1. The third-order valence-corrected chi connectivity index (χ3v) is 4.77. The normalized spacial score (nSPS) is 11.3. The van der Waals surface area contributed by atoms with Gasteiger partial charge in [0.1, 0.15) is 12.7 Å². The van der Waals surface area contributed by atoms with E-state index >= 15 is 0 Å². The molecule has 0 radical (unpaired) electrons. The molecule has 0 atom stereocenters. The van der Waals surface area contributed by atoms with Gasteiger partial charge in [0.25, 0.3) is 5.91 Å². The van der Waals surface area contributed by atoms with Gasteiger partial charge < -0.3 is 15.5 Å². The van der Waals surface area contributed by atoms with Gasteiger partial charge in [-0.05, 0) is 35.2 Å². The summed E-state index contributed by atoms with van der Waals surface area (Å²) in [6.45, 7) is 2.07. The molecule has 3 aromatic rings. The Morgan fingerprint density at radius 3 is 2.58 bits per heavy atom. The van der Waals surface area contributed by atoms with Gasteiger partial charge in [-0.3, -0.25) is 9.79 Å². The number of carbonyl (C=O) groups excluding carboxylic acids is 1. The second-order valence-electron chi connectivity index (χ2n) is 7.42. The highest BCUT2D eigenvalue weighted by Gasteiger charge is 2.08. The highest BCUT2D eigenvalue weighted by Crippen LogP contribution is 2.08. The largest absolute Gasteiger partial charge is 0.356 e. The Morgan fingerprint density at radius 2 is 1.84 bits per heavy atom. The number of amides is 1. The maximum Gasteiger partial charge on any atom is 0.253 e. The number of benzene rings is 2. The molecule has 0 aliphatic heterocycles. The lowest BCUT2D eigenvalue weighted by Gasteiger charge is -2.13. The predicted molar refractivity (Wildman–Crippen MR) is 122 cm³/mol. The first-order valence-corrected chi connectivity index (χ1v) is 10.2. The van der Waals surface area contributed by atoms with Crippen LogP contribution >= 0.6 is 0 Å². The Bertz CT molecular complexity index is 1010. The van der Waals surface area contributed by atoms with E-state index < -0.39 is 0 Å². The molecule has 162 valence electrons. The first-order valence-electron chi connectivity index (χ1n) is 10.2. The third kappa shape index (κ3) is 6.67. The summed E-state index contributed by atoms with van der Waals surface area (Å²) in [5.41, 5.74) is 4.14. The van der Waals surface area contributed by atoms with Crippen LogP contribution in [0.3, 0.4) is 0 Å². The second kappa shape index (κ2) is 10.9. The van der Waals surface area contributed by atoms with Crippen LogP contribution in [0.4, 0.5) is 0 Å². The van der Waals surface area contributed by atoms with E-state index in [1.165, 1.54) is 11.9 Å².